The fourth-order valence-corrected chi connectivity index (χ4v) is 1.53. The molecule has 0 spiro atoms. The summed E-state index contributed by atoms with van der Waals surface area (Å²) in [5.74, 6) is 5.21. The Kier molecular flexibility index (Phi) is 6.44. The Balaban J connectivity index is 2.97. The molecule has 0 bridgehead atoms. The van der Waals surface area contributed by atoms with E-state index in [1.165, 1.54) is 7.11 Å². The molecule has 5 heteroatoms. The van der Waals surface area contributed by atoms with Crippen molar-refractivity contribution < 1.29 is 9.53 Å². The summed E-state index contributed by atoms with van der Waals surface area (Å²) in [5, 5.41) is 3.22. The Bertz CT molecular complexity index is 489. The van der Waals surface area contributed by atoms with Crippen molar-refractivity contribution in [3.8, 4) is 11.8 Å². The fraction of sp³-hybridized carbons (Fsp3) is 0.357. The van der Waals surface area contributed by atoms with Crippen LogP contribution in [0.2, 0.25) is 0 Å². The van der Waals surface area contributed by atoms with Crippen LogP contribution in [0.1, 0.15) is 22.3 Å². The molecule has 0 aliphatic carbocycles. The van der Waals surface area contributed by atoms with Gasteiger partial charge in [-0.3, -0.25) is 0 Å². The quantitative estimate of drug-likeness (QED) is 0.409. The van der Waals surface area contributed by atoms with E-state index in [4.69, 9.17) is 16.2 Å². The van der Waals surface area contributed by atoms with Crippen molar-refractivity contribution in [3.63, 3.8) is 0 Å². The number of benzene rings is 1. The highest BCUT2D eigenvalue weighted by atomic mass is 16.5. The third-order valence-corrected chi connectivity index (χ3v) is 2.46. The number of nitrogens with one attached hydrogen (secondary N) is 1. The van der Waals surface area contributed by atoms with Crippen LogP contribution in [-0.4, -0.2) is 32.7 Å². The van der Waals surface area contributed by atoms with Gasteiger partial charge in [-0.05, 0) is 31.2 Å². The van der Waals surface area contributed by atoms with E-state index in [0.717, 1.165) is 18.7 Å². The van der Waals surface area contributed by atoms with Crippen LogP contribution >= 0.6 is 0 Å². The molecule has 0 unspecified atom stereocenters. The molecular weight excluding hydrogens is 242 g/mol. The van der Waals surface area contributed by atoms with Gasteiger partial charge in [-0.15, -0.1) is 0 Å². The Hall–Kier alpha value is -2.03. The number of anilines is 1. The first-order valence-electron chi connectivity index (χ1n) is 6.08. The average Bonchev–Trinajstić information content (AvgIpc) is 2.44. The van der Waals surface area contributed by atoms with Gasteiger partial charge in [-0.1, -0.05) is 11.8 Å². The Labute approximate surface area is 113 Å². The van der Waals surface area contributed by atoms with Gasteiger partial charge in [0, 0.05) is 17.8 Å². The highest BCUT2D eigenvalue weighted by Crippen LogP contribution is 2.16. The zero-order valence-corrected chi connectivity index (χ0v) is 11.0. The molecule has 0 heterocycles. The summed E-state index contributed by atoms with van der Waals surface area (Å²) < 4.78 is 4.72. The second kappa shape index (κ2) is 8.14. The molecule has 1 rings (SSSR count). The smallest absolute Gasteiger partial charge is 0.339 e. The summed E-state index contributed by atoms with van der Waals surface area (Å²) in [5.41, 5.74) is 12.7. The maximum Gasteiger partial charge on any atom is 0.339 e. The molecule has 0 aliphatic rings. The van der Waals surface area contributed by atoms with E-state index in [1.807, 2.05) is 12.1 Å². The molecule has 0 fully saturated rings. The normalized spacial score (nSPS) is 9.42. The summed E-state index contributed by atoms with van der Waals surface area (Å²) in [6.07, 6.45) is 0.878. The third-order valence-electron chi connectivity index (χ3n) is 2.46. The number of hydrogen-bond acceptors (Lipinski definition) is 5. The lowest BCUT2D eigenvalue weighted by Gasteiger charge is -2.08. The van der Waals surface area contributed by atoms with Gasteiger partial charge >= 0.3 is 5.97 Å². The SMILES string of the molecule is COC(=O)c1ccc(NCCCN)cc1C#CCN. The molecule has 0 aromatic heterocycles. The summed E-state index contributed by atoms with van der Waals surface area (Å²) in [6.45, 7) is 1.65. The van der Waals surface area contributed by atoms with Crippen LogP contribution in [0.3, 0.4) is 0 Å². The summed E-state index contributed by atoms with van der Waals surface area (Å²) in [6, 6.07) is 5.32. The first-order chi connectivity index (χ1) is 9.22. The minimum Gasteiger partial charge on any atom is -0.465 e. The van der Waals surface area contributed by atoms with E-state index in [1.54, 1.807) is 6.07 Å². The predicted octanol–water partition coefficient (Wildman–Crippen LogP) is 0.544. The van der Waals surface area contributed by atoms with E-state index in [2.05, 4.69) is 17.2 Å². The fourth-order valence-electron chi connectivity index (χ4n) is 1.53. The van der Waals surface area contributed by atoms with Crippen LogP contribution in [0, 0.1) is 11.8 Å². The van der Waals surface area contributed by atoms with E-state index in [9.17, 15) is 4.79 Å². The van der Waals surface area contributed by atoms with Gasteiger partial charge in [0.25, 0.3) is 0 Å². The number of nitrogens with two attached hydrogens (primary N) is 2. The van der Waals surface area contributed by atoms with Gasteiger partial charge in [0.05, 0.1) is 19.2 Å². The van der Waals surface area contributed by atoms with Crippen molar-refractivity contribution in [1.82, 2.24) is 0 Å². The maximum absolute atomic E-state index is 11.6. The molecule has 1 aromatic carbocycles. The molecule has 0 radical (unpaired) electrons. The van der Waals surface area contributed by atoms with Crippen LogP contribution in [0.4, 0.5) is 5.69 Å². The van der Waals surface area contributed by atoms with Crippen molar-refractivity contribution in [1.29, 1.82) is 0 Å². The van der Waals surface area contributed by atoms with E-state index in [-0.39, 0.29) is 6.54 Å². The van der Waals surface area contributed by atoms with Gasteiger partial charge in [-0.25, -0.2) is 4.79 Å². The Morgan fingerprint density at radius 1 is 1.42 bits per heavy atom. The van der Waals surface area contributed by atoms with Gasteiger partial charge < -0.3 is 21.5 Å². The van der Waals surface area contributed by atoms with Gasteiger partial charge in [0.15, 0.2) is 0 Å². The first-order valence-corrected chi connectivity index (χ1v) is 6.08. The summed E-state index contributed by atoms with van der Waals surface area (Å²) in [7, 11) is 1.34. The van der Waals surface area contributed by atoms with Crippen molar-refractivity contribution in [3.05, 3.63) is 29.3 Å². The lowest BCUT2D eigenvalue weighted by Crippen LogP contribution is -2.09. The average molecular weight is 261 g/mol. The number of esters is 1. The zero-order valence-electron chi connectivity index (χ0n) is 11.0. The van der Waals surface area contributed by atoms with Crippen molar-refractivity contribution >= 4 is 11.7 Å². The lowest BCUT2D eigenvalue weighted by molar-refractivity contribution is 0.0600. The Morgan fingerprint density at radius 2 is 2.21 bits per heavy atom. The van der Waals surface area contributed by atoms with Crippen molar-refractivity contribution in [2.45, 2.75) is 6.42 Å². The molecule has 5 N–H and O–H groups in total. The van der Waals surface area contributed by atoms with Crippen molar-refractivity contribution in [2.75, 3.05) is 32.1 Å². The van der Waals surface area contributed by atoms with Gasteiger partial charge in [-0.2, -0.15) is 0 Å². The number of rotatable bonds is 5. The minimum absolute atomic E-state index is 0.242. The number of carbonyl (C=O) groups excluding carboxylic acids is 1. The van der Waals surface area contributed by atoms with E-state index < -0.39 is 5.97 Å². The van der Waals surface area contributed by atoms with Crippen LogP contribution < -0.4 is 16.8 Å². The highest BCUT2D eigenvalue weighted by Gasteiger charge is 2.10. The molecular formula is C14H19N3O2. The number of hydrogen-bond donors (Lipinski definition) is 3. The van der Waals surface area contributed by atoms with Crippen LogP contribution in [-0.2, 0) is 4.74 Å². The number of ether oxygens (including phenoxy) is 1. The van der Waals surface area contributed by atoms with Crippen molar-refractivity contribution in [2.24, 2.45) is 11.5 Å². The highest BCUT2D eigenvalue weighted by molar-refractivity contribution is 5.93. The topological polar surface area (TPSA) is 90.4 Å². The summed E-state index contributed by atoms with van der Waals surface area (Å²) >= 11 is 0. The third kappa shape index (κ3) is 4.62. The maximum atomic E-state index is 11.6. The molecule has 102 valence electrons. The van der Waals surface area contributed by atoms with E-state index in [0.29, 0.717) is 17.7 Å². The second-order valence-corrected chi connectivity index (χ2v) is 3.83. The first kappa shape index (κ1) is 15.0. The molecule has 0 amide bonds. The standard InChI is InChI=1S/C14H19N3O2/c1-19-14(18)13-6-5-12(17-9-3-8-16)10-11(13)4-2-7-15/h5-6,10,17H,3,7-9,15-16H2,1H3. The largest absolute Gasteiger partial charge is 0.465 e. The molecule has 1 aromatic rings. The van der Waals surface area contributed by atoms with Crippen LogP contribution in [0.25, 0.3) is 0 Å². The number of carbonyl (C=O) groups is 1. The molecule has 0 aliphatic heterocycles. The predicted molar refractivity (Wildman–Crippen MR) is 75.9 cm³/mol. The second-order valence-electron chi connectivity index (χ2n) is 3.83. The monoisotopic (exact) mass is 261 g/mol. The van der Waals surface area contributed by atoms with Gasteiger partial charge in [0.1, 0.15) is 0 Å². The van der Waals surface area contributed by atoms with E-state index >= 15 is 0 Å². The van der Waals surface area contributed by atoms with Gasteiger partial charge in [0.2, 0.25) is 0 Å². The molecule has 0 saturated heterocycles. The molecule has 5 nitrogen and oxygen atoms in total. The zero-order chi connectivity index (χ0) is 14.1. The number of methoxy groups -OCH3 is 1. The summed E-state index contributed by atoms with van der Waals surface area (Å²) in [4.78, 5) is 11.6. The molecule has 0 saturated carbocycles. The van der Waals surface area contributed by atoms with Crippen LogP contribution in [0.15, 0.2) is 18.2 Å². The molecule has 19 heavy (non-hydrogen) atoms. The lowest BCUT2D eigenvalue weighted by atomic mass is 10.1. The van der Waals surface area contributed by atoms with Crippen LogP contribution in [0.5, 0.6) is 0 Å². The Morgan fingerprint density at radius 3 is 2.84 bits per heavy atom. The minimum atomic E-state index is -0.408. The molecule has 0 atom stereocenters.